The molecule has 136 valence electrons. The number of fused-ring (bicyclic) bond motifs is 1. The summed E-state index contributed by atoms with van der Waals surface area (Å²) in [5, 5.41) is 0.877. The maximum atomic E-state index is 13.3. The number of rotatable bonds is 5. The lowest BCUT2D eigenvalue weighted by molar-refractivity contribution is 0.103. The predicted octanol–water partition coefficient (Wildman–Crippen LogP) is 6.65. The Morgan fingerprint density at radius 2 is 1.73 bits per heavy atom. The molecule has 0 aliphatic heterocycles. The van der Waals surface area contributed by atoms with Crippen molar-refractivity contribution in [3.05, 3.63) is 60.4 Å². The van der Waals surface area contributed by atoms with Gasteiger partial charge in [0.25, 0.3) is 0 Å². The maximum absolute atomic E-state index is 13.3. The molecule has 0 spiro atoms. The topological polar surface area (TPSA) is 39.4 Å². The number of carbonyl (C=O) groups is 1. The second-order valence-corrected chi connectivity index (χ2v) is 13.8. The Labute approximate surface area is 181 Å². The third kappa shape index (κ3) is 4.01. The van der Waals surface area contributed by atoms with E-state index in [0.717, 1.165) is 29.6 Å². The van der Waals surface area contributed by atoms with Gasteiger partial charge in [0, 0.05) is 17.4 Å². The average Bonchev–Trinajstić information content (AvgIpc) is 2.95. The van der Waals surface area contributed by atoms with Crippen LogP contribution < -0.4 is 4.43 Å². The number of aryl methyl sites for hydroxylation is 1. The Morgan fingerprint density at radius 3 is 2.31 bits per heavy atom. The van der Waals surface area contributed by atoms with E-state index in [4.69, 9.17) is 8.84 Å². The molecule has 0 saturated heterocycles. The highest BCUT2D eigenvalue weighted by molar-refractivity contribution is 14.1. The van der Waals surface area contributed by atoms with Crippen LogP contribution in [0.25, 0.3) is 11.0 Å². The van der Waals surface area contributed by atoms with E-state index in [1.807, 2.05) is 43.3 Å². The molecule has 2 aromatic carbocycles. The van der Waals surface area contributed by atoms with Crippen LogP contribution in [0.3, 0.4) is 0 Å². The summed E-state index contributed by atoms with van der Waals surface area (Å²) in [5.74, 6) is 1.63. The zero-order valence-corrected chi connectivity index (χ0v) is 20.5. The molecule has 0 N–H and O–H groups in total. The van der Waals surface area contributed by atoms with E-state index >= 15 is 0 Å². The highest BCUT2D eigenvalue weighted by Crippen LogP contribution is 2.34. The Hall–Kier alpha value is -0.873. The Kier molecular flexibility index (Phi) is 5.83. The van der Waals surface area contributed by atoms with Gasteiger partial charge in [-0.1, -0.05) is 25.1 Å². The molecule has 0 aliphatic rings. The second kappa shape index (κ2) is 7.63. The Bertz CT molecular complexity index is 963. The first-order valence-corrected chi connectivity index (χ1v) is 14.0. The SMILES string of the molecule is CCc1oc2ccccc2c1C(=O)c1cc(I)c(O[Si](C)(C)C)c(I)c1. The number of benzene rings is 2. The molecule has 1 heterocycles. The van der Waals surface area contributed by atoms with E-state index in [9.17, 15) is 4.79 Å². The molecular weight excluding hydrogens is 570 g/mol. The summed E-state index contributed by atoms with van der Waals surface area (Å²) in [5.41, 5.74) is 2.10. The lowest BCUT2D eigenvalue weighted by Crippen LogP contribution is -2.30. The molecule has 0 bridgehead atoms. The Balaban J connectivity index is 2.09. The van der Waals surface area contributed by atoms with Crippen LogP contribution in [0.15, 0.2) is 40.8 Å². The second-order valence-electron chi connectivity index (χ2n) is 7.06. The largest absolute Gasteiger partial charge is 0.543 e. The fourth-order valence-corrected chi connectivity index (χ4v) is 6.07. The van der Waals surface area contributed by atoms with E-state index < -0.39 is 8.32 Å². The molecule has 26 heavy (non-hydrogen) atoms. The van der Waals surface area contributed by atoms with E-state index in [-0.39, 0.29) is 5.78 Å². The minimum atomic E-state index is -1.72. The lowest BCUT2D eigenvalue weighted by atomic mass is 9.99. The van der Waals surface area contributed by atoms with Gasteiger partial charge in [-0.25, -0.2) is 0 Å². The molecule has 3 aromatic rings. The summed E-state index contributed by atoms with van der Waals surface area (Å²) in [6, 6.07) is 11.6. The zero-order chi connectivity index (χ0) is 19.1. The number of hydrogen-bond acceptors (Lipinski definition) is 3. The molecule has 0 amide bonds. The maximum Gasteiger partial charge on any atom is 0.242 e. The molecule has 0 radical (unpaired) electrons. The summed E-state index contributed by atoms with van der Waals surface area (Å²) < 4.78 is 14.0. The van der Waals surface area contributed by atoms with Crippen molar-refractivity contribution in [2.45, 2.75) is 33.0 Å². The molecule has 1 aromatic heterocycles. The summed E-state index contributed by atoms with van der Waals surface area (Å²) in [6.07, 6.45) is 0.681. The molecular formula is C20H20I2O3Si. The van der Waals surface area contributed by atoms with E-state index in [1.54, 1.807) is 0 Å². The summed E-state index contributed by atoms with van der Waals surface area (Å²) in [4.78, 5) is 13.3. The summed E-state index contributed by atoms with van der Waals surface area (Å²) >= 11 is 4.51. The van der Waals surface area contributed by atoms with Crippen LogP contribution in [0.2, 0.25) is 19.6 Å². The fraction of sp³-hybridized carbons (Fsp3) is 0.250. The predicted molar refractivity (Wildman–Crippen MR) is 125 cm³/mol. The van der Waals surface area contributed by atoms with Crippen molar-refractivity contribution in [2.24, 2.45) is 0 Å². The number of ketones is 1. The van der Waals surface area contributed by atoms with Crippen LogP contribution in [-0.2, 0) is 6.42 Å². The lowest BCUT2D eigenvalue weighted by Gasteiger charge is -2.22. The molecule has 0 saturated carbocycles. The van der Waals surface area contributed by atoms with Crippen LogP contribution in [0.5, 0.6) is 5.75 Å². The number of carbonyl (C=O) groups excluding carboxylic acids is 1. The molecule has 0 fully saturated rings. The van der Waals surface area contributed by atoms with Gasteiger partial charge >= 0.3 is 0 Å². The third-order valence-corrected chi connectivity index (χ3v) is 6.30. The van der Waals surface area contributed by atoms with Crippen molar-refractivity contribution in [1.82, 2.24) is 0 Å². The summed E-state index contributed by atoms with van der Waals surface area (Å²) in [7, 11) is -1.72. The van der Waals surface area contributed by atoms with Crippen molar-refractivity contribution < 1.29 is 13.6 Å². The van der Waals surface area contributed by atoms with Gasteiger partial charge in [0.2, 0.25) is 8.32 Å². The van der Waals surface area contributed by atoms with Gasteiger partial charge in [-0.2, -0.15) is 0 Å². The van der Waals surface area contributed by atoms with Crippen LogP contribution >= 0.6 is 45.2 Å². The van der Waals surface area contributed by atoms with Gasteiger partial charge in [0.05, 0.1) is 12.7 Å². The van der Waals surface area contributed by atoms with Gasteiger partial charge in [0.15, 0.2) is 5.78 Å². The van der Waals surface area contributed by atoms with Crippen molar-refractivity contribution in [2.75, 3.05) is 0 Å². The normalized spacial score (nSPS) is 11.8. The van der Waals surface area contributed by atoms with E-state index in [1.165, 1.54) is 0 Å². The fourth-order valence-electron chi connectivity index (χ4n) is 2.83. The number of hydrogen-bond donors (Lipinski definition) is 0. The van der Waals surface area contributed by atoms with Crippen molar-refractivity contribution in [3.8, 4) is 5.75 Å². The van der Waals surface area contributed by atoms with Gasteiger partial charge in [0.1, 0.15) is 17.1 Å². The van der Waals surface area contributed by atoms with Crippen LogP contribution in [0.4, 0.5) is 0 Å². The molecule has 6 heteroatoms. The van der Waals surface area contributed by atoms with Crippen molar-refractivity contribution in [3.63, 3.8) is 0 Å². The minimum Gasteiger partial charge on any atom is -0.543 e. The first-order chi connectivity index (χ1) is 12.2. The van der Waals surface area contributed by atoms with E-state index in [2.05, 4.69) is 64.8 Å². The average molecular weight is 590 g/mol. The Morgan fingerprint density at radius 1 is 1.12 bits per heavy atom. The quantitative estimate of drug-likeness (QED) is 0.190. The highest BCUT2D eigenvalue weighted by Gasteiger charge is 2.24. The third-order valence-electron chi connectivity index (χ3n) is 3.89. The number of para-hydroxylation sites is 1. The van der Waals surface area contributed by atoms with Crippen LogP contribution in [0, 0.1) is 7.14 Å². The smallest absolute Gasteiger partial charge is 0.242 e. The van der Waals surface area contributed by atoms with Gasteiger partial charge in [-0.15, -0.1) is 0 Å². The minimum absolute atomic E-state index is 0.00202. The molecule has 0 atom stereocenters. The van der Waals surface area contributed by atoms with Crippen molar-refractivity contribution >= 4 is 70.3 Å². The van der Waals surface area contributed by atoms with Gasteiger partial charge in [-0.05, 0) is 83.0 Å². The standard InChI is InChI=1S/C20H20I2O3Si/c1-5-16-18(13-8-6-7-9-17(13)24-16)19(23)12-10-14(21)20(15(22)11-12)25-26(2,3)4/h6-11H,5H2,1-4H3. The van der Waals surface area contributed by atoms with Crippen LogP contribution in [-0.4, -0.2) is 14.1 Å². The highest BCUT2D eigenvalue weighted by atomic mass is 127. The van der Waals surface area contributed by atoms with Gasteiger partial charge in [-0.3, -0.25) is 4.79 Å². The first-order valence-electron chi connectivity index (χ1n) is 8.44. The van der Waals surface area contributed by atoms with E-state index in [0.29, 0.717) is 17.5 Å². The molecule has 0 aliphatic carbocycles. The monoisotopic (exact) mass is 590 g/mol. The first kappa shape index (κ1) is 19.9. The zero-order valence-electron chi connectivity index (χ0n) is 15.2. The number of halogens is 2. The number of furan rings is 1. The molecule has 0 unspecified atom stereocenters. The molecule has 3 nitrogen and oxygen atoms in total. The van der Waals surface area contributed by atoms with Gasteiger partial charge < -0.3 is 8.84 Å². The molecule has 3 rings (SSSR count). The van der Waals surface area contributed by atoms with Crippen LogP contribution in [0.1, 0.15) is 28.6 Å². The summed E-state index contributed by atoms with van der Waals surface area (Å²) in [6.45, 7) is 8.48. The van der Waals surface area contributed by atoms with Crippen molar-refractivity contribution in [1.29, 1.82) is 0 Å².